The summed E-state index contributed by atoms with van der Waals surface area (Å²) >= 11 is 0. The van der Waals surface area contributed by atoms with Gasteiger partial charge < -0.3 is 20.3 Å². The highest BCUT2D eigenvalue weighted by atomic mass is 31.1. The van der Waals surface area contributed by atoms with E-state index in [1.165, 1.54) is 37.1 Å². The Balaban J connectivity index is 1.46. The first-order chi connectivity index (χ1) is 17.1. The van der Waals surface area contributed by atoms with Gasteiger partial charge in [0.05, 0.1) is 19.0 Å². The van der Waals surface area contributed by atoms with Gasteiger partial charge in [0, 0.05) is 11.0 Å². The van der Waals surface area contributed by atoms with E-state index in [9.17, 15) is 18.9 Å². The van der Waals surface area contributed by atoms with Gasteiger partial charge in [-0.25, -0.2) is 9.78 Å². The first kappa shape index (κ1) is 28.3. The fraction of sp³-hybridized carbons (Fsp3) is 0.727. The van der Waals surface area contributed by atoms with E-state index in [4.69, 9.17) is 24.3 Å². The number of aliphatic hydroxyl groups is 1. The summed E-state index contributed by atoms with van der Waals surface area (Å²) in [5.74, 6) is -0.742. The molecule has 3 N–H and O–H groups in total. The van der Waals surface area contributed by atoms with Gasteiger partial charge in [-0.2, -0.15) is 14.4 Å². The van der Waals surface area contributed by atoms with E-state index >= 15 is 0 Å². The molecule has 2 aromatic heterocycles. The number of hydrogen-bond acceptors (Lipinski definition) is 11. The number of imidazole rings is 1. The predicted molar refractivity (Wildman–Crippen MR) is 127 cm³/mol. The summed E-state index contributed by atoms with van der Waals surface area (Å²) in [6.45, 7) is 5.13. The molecule has 1 saturated heterocycles. The summed E-state index contributed by atoms with van der Waals surface area (Å²) in [5, 5.41) is 10.6. The van der Waals surface area contributed by atoms with E-state index in [1.807, 2.05) is 0 Å². The molecular weight excluding hydrogens is 496 g/mol. The zero-order valence-corrected chi connectivity index (χ0v) is 21.7. The molecular formula is C22H34FN5O7P+. The number of hydrogen-bond donors (Lipinski definition) is 2. The van der Waals surface area contributed by atoms with Crippen LogP contribution in [-0.2, 0) is 27.9 Å². The zero-order valence-electron chi connectivity index (χ0n) is 20.8. The van der Waals surface area contributed by atoms with Gasteiger partial charge in [-0.1, -0.05) is 39.0 Å². The number of carbonyl (C=O) groups excluding carboxylic acids is 1. The second-order valence-electron chi connectivity index (χ2n) is 9.02. The van der Waals surface area contributed by atoms with Gasteiger partial charge in [0.1, 0.15) is 18.4 Å². The zero-order chi connectivity index (χ0) is 26.3. The number of fused-ring (bicyclic) bond motifs is 1. The Hall–Kier alpha value is -2.31. The number of aromatic nitrogens is 4. The highest BCUT2D eigenvalue weighted by Gasteiger charge is 2.48. The molecule has 3 heterocycles. The van der Waals surface area contributed by atoms with Crippen molar-refractivity contribution >= 4 is 31.2 Å². The Morgan fingerprint density at radius 3 is 2.83 bits per heavy atom. The van der Waals surface area contributed by atoms with Crippen LogP contribution >= 0.6 is 8.25 Å². The largest absolute Gasteiger partial charge is 0.698 e. The number of anilines is 1. The van der Waals surface area contributed by atoms with Gasteiger partial charge in [0.25, 0.3) is 0 Å². The van der Waals surface area contributed by atoms with Crippen LogP contribution in [-0.4, -0.2) is 61.6 Å². The van der Waals surface area contributed by atoms with E-state index in [0.717, 1.165) is 19.3 Å². The third-order valence-electron chi connectivity index (χ3n) is 6.04. The lowest BCUT2D eigenvalue weighted by atomic mass is 10.0. The van der Waals surface area contributed by atoms with Gasteiger partial charge in [0.15, 0.2) is 17.0 Å². The quantitative estimate of drug-likeness (QED) is 0.159. The Bertz CT molecular complexity index is 1060. The molecule has 0 spiro atoms. The van der Waals surface area contributed by atoms with E-state index in [0.29, 0.717) is 0 Å². The fourth-order valence-corrected chi connectivity index (χ4v) is 4.62. The molecule has 5 atom stereocenters. The number of rotatable bonds is 14. The third-order valence-corrected chi connectivity index (χ3v) is 6.87. The summed E-state index contributed by atoms with van der Waals surface area (Å²) < 4.78 is 48.9. The van der Waals surface area contributed by atoms with E-state index in [1.54, 1.807) is 6.92 Å². The van der Waals surface area contributed by atoms with Gasteiger partial charge in [-0.15, -0.1) is 9.05 Å². The maximum atomic E-state index is 13.7. The van der Waals surface area contributed by atoms with Crippen LogP contribution in [0.1, 0.15) is 71.9 Å². The van der Waals surface area contributed by atoms with E-state index < -0.39 is 44.3 Å². The molecule has 2 aromatic rings. The van der Waals surface area contributed by atoms with Crippen molar-refractivity contribution in [2.24, 2.45) is 0 Å². The minimum atomic E-state index is -2.69. The number of nitrogens with zero attached hydrogens (tertiary/aromatic N) is 4. The maximum Gasteiger partial charge on any atom is 0.698 e. The number of halogens is 1. The van der Waals surface area contributed by atoms with Gasteiger partial charge >= 0.3 is 20.3 Å². The van der Waals surface area contributed by atoms with Crippen LogP contribution in [0.3, 0.4) is 0 Å². The molecule has 0 saturated carbocycles. The summed E-state index contributed by atoms with van der Waals surface area (Å²) in [6, 6.07) is 0. The minimum Gasteiger partial charge on any atom is -0.464 e. The number of nitrogen functional groups attached to an aromatic ring is 1. The monoisotopic (exact) mass is 530 g/mol. The van der Waals surface area contributed by atoms with Crippen molar-refractivity contribution < 1.29 is 37.4 Å². The van der Waals surface area contributed by atoms with Crippen LogP contribution in [0, 0.1) is 6.08 Å². The van der Waals surface area contributed by atoms with Crippen molar-refractivity contribution in [3.63, 3.8) is 0 Å². The normalized spacial score (nSPS) is 23.2. The standard InChI is InChI=1S/C22H34FN5O7P/c1-4-5-6-7-8-9-10-32-20(30)14(2)35-36(31)33-12-22(3)15(29)11-16(34-22)28-13-25-17-18(24)26-21(23)27-19(17)28/h13-16,29H,4-12H2,1-3H3,(H2,24,26,27)/q+1/t14-,15-,16+,22+/m0/s1. The summed E-state index contributed by atoms with van der Waals surface area (Å²) in [5.41, 5.74) is 4.74. The van der Waals surface area contributed by atoms with Crippen molar-refractivity contribution in [1.82, 2.24) is 19.5 Å². The number of ether oxygens (including phenoxy) is 2. The van der Waals surface area contributed by atoms with Crippen LogP contribution in [0.15, 0.2) is 6.33 Å². The average molecular weight is 531 g/mol. The molecule has 1 aliphatic heterocycles. The molecule has 0 radical (unpaired) electrons. The highest BCUT2D eigenvalue weighted by Crippen LogP contribution is 2.40. The van der Waals surface area contributed by atoms with Crippen LogP contribution in [0.25, 0.3) is 11.2 Å². The summed E-state index contributed by atoms with van der Waals surface area (Å²) in [4.78, 5) is 23.3. The van der Waals surface area contributed by atoms with Crippen molar-refractivity contribution in [1.29, 1.82) is 0 Å². The molecule has 14 heteroatoms. The Kier molecular flexibility index (Phi) is 10.0. The minimum absolute atomic E-state index is 0.107. The molecule has 200 valence electrons. The number of aliphatic hydroxyl groups excluding tert-OH is 1. The Morgan fingerprint density at radius 1 is 1.36 bits per heavy atom. The van der Waals surface area contributed by atoms with Crippen LogP contribution in [0.2, 0.25) is 0 Å². The molecule has 1 fully saturated rings. The first-order valence-electron chi connectivity index (χ1n) is 12.1. The van der Waals surface area contributed by atoms with E-state index in [-0.39, 0.29) is 36.6 Å². The topological polar surface area (TPSA) is 161 Å². The molecule has 0 amide bonds. The lowest BCUT2D eigenvalue weighted by Crippen LogP contribution is -2.40. The number of nitrogens with two attached hydrogens (primary N) is 1. The molecule has 12 nitrogen and oxygen atoms in total. The predicted octanol–water partition coefficient (Wildman–Crippen LogP) is 3.57. The van der Waals surface area contributed by atoms with Gasteiger partial charge in [0.2, 0.25) is 6.10 Å². The molecule has 0 aromatic carbocycles. The number of carbonyl (C=O) groups is 1. The van der Waals surface area contributed by atoms with Crippen LogP contribution in [0.5, 0.6) is 0 Å². The Morgan fingerprint density at radius 2 is 2.08 bits per heavy atom. The smallest absolute Gasteiger partial charge is 0.464 e. The second-order valence-corrected chi connectivity index (χ2v) is 9.93. The van der Waals surface area contributed by atoms with Crippen LogP contribution < -0.4 is 5.73 Å². The molecule has 1 aliphatic rings. The maximum absolute atomic E-state index is 13.7. The van der Waals surface area contributed by atoms with E-state index in [2.05, 4.69) is 21.9 Å². The molecule has 1 unspecified atom stereocenters. The second kappa shape index (κ2) is 12.8. The molecule has 3 rings (SSSR count). The summed E-state index contributed by atoms with van der Waals surface area (Å²) in [6.07, 6.45) is 3.96. The first-order valence-corrected chi connectivity index (χ1v) is 13.2. The Labute approximate surface area is 209 Å². The molecule has 36 heavy (non-hydrogen) atoms. The van der Waals surface area contributed by atoms with Gasteiger partial charge in [-0.05, 0) is 20.3 Å². The molecule has 0 aliphatic carbocycles. The SMILES string of the molecule is CCCCCCCCOC(=O)[C@H](C)O[P+](=O)OC[C@@]1(C)O[C@@H](n2cnc3c(N)nc(F)nc32)C[C@@H]1O. The third kappa shape index (κ3) is 7.13. The van der Waals surface area contributed by atoms with Gasteiger partial charge in [-0.3, -0.25) is 4.57 Å². The van der Waals surface area contributed by atoms with Crippen molar-refractivity contribution in [2.75, 3.05) is 18.9 Å². The van der Waals surface area contributed by atoms with Crippen molar-refractivity contribution in [2.45, 2.75) is 89.8 Å². The number of esters is 1. The van der Waals surface area contributed by atoms with Crippen LogP contribution in [0.4, 0.5) is 10.2 Å². The average Bonchev–Trinajstić information content (AvgIpc) is 3.38. The van der Waals surface area contributed by atoms with Crippen molar-refractivity contribution in [3.8, 4) is 0 Å². The lowest BCUT2D eigenvalue weighted by Gasteiger charge is -2.24. The van der Waals surface area contributed by atoms with Crippen molar-refractivity contribution in [3.05, 3.63) is 12.4 Å². The lowest BCUT2D eigenvalue weighted by molar-refractivity contribution is -0.151. The fourth-order valence-electron chi connectivity index (χ4n) is 3.86. The highest BCUT2D eigenvalue weighted by molar-refractivity contribution is 7.33. The number of unbranched alkanes of at least 4 members (excludes halogenated alkanes) is 5. The summed E-state index contributed by atoms with van der Waals surface area (Å²) in [7, 11) is -2.69. The molecule has 0 bridgehead atoms.